The van der Waals surface area contributed by atoms with E-state index in [9.17, 15) is 9.59 Å². The molecule has 0 spiro atoms. The van der Waals surface area contributed by atoms with Crippen LogP contribution in [-0.4, -0.2) is 30.6 Å². The van der Waals surface area contributed by atoms with Gasteiger partial charge in [0.2, 0.25) is 12.7 Å². The molecule has 0 bridgehead atoms. The molecule has 4 rings (SSSR count). The Hall–Kier alpha value is -3.02. The molecule has 2 aromatic rings. The summed E-state index contributed by atoms with van der Waals surface area (Å²) in [4.78, 5) is 26.2. The highest BCUT2D eigenvalue weighted by Crippen LogP contribution is 2.33. The number of carbonyl (C=O) groups excluding carboxylic acids is 2. The predicted molar refractivity (Wildman–Crippen MR) is 90.3 cm³/mol. The molecular formula is C19H18N2O4. The molecule has 6 nitrogen and oxygen atoms in total. The molecular weight excluding hydrogens is 320 g/mol. The lowest BCUT2D eigenvalue weighted by Crippen LogP contribution is -2.30. The van der Waals surface area contributed by atoms with Gasteiger partial charge in [-0.25, -0.2) is 0 Å². The van der Waals surface area contributed by atoms with E-state index in [0.717, 1.165) is 16.9 Å². The van der Waals surface area contributed by atoms with Gasteiger partial charge in [-0.15, -0.1) is 0 Å². The Bertz CT molecular complexity index is 849. The predicted octanol–water partition coefficient (Wildman–Crippen LogP) is 2.25. The van der Waals surface area contributed by atoms with Gasteiger partial charge in [-0.3, -0.25) is 9.59 Å². The Morgan fingerprint density at radius 1 is 1.20 bits per heavy atom. The van der Waals surface area contributed by atoms with Crippen LogP contribution in [0.15, 0.2) is 42.5 Å². The average molecular weight is 338 g/mol. The molecule has 1 atom stereocenters. The van der Waals surface area contributed by atoms with Crippen LogP contribution in [0, 0.1) is 0 Å². The molecule has 25 heavy (non-hydrogen) atoms. The first kappa shape index (κ1) is 15.5. The van der Waals surface area contributed by atoms with Crippen LogP contribution >= 0.6 is 0 Å². The number of nitrogens with zero attached hydrogens (tertiary/aromatic N) is 1. The number of amides is 2. The van der Waals surface area contributed by atoms with Crippen LogP contribution in [0.5, 0.6) is 11.5 Å². The van der Waals surface area contributed by atoms with E-state index in [0.29, 0.717) is 17.9 Å². The molecule has 2 aliphatic heterocycles. The SMILES string of the molecule is CN(Cc1ccc2c(c1)OCO2)C(=O)C[C@H]1NC(=O)c2ccccc21. The second-order valence-electron chi connectivity index (χ2n) is 6.25. The first-order valence-electron chi connectivity index (χ1n) is 8.14. The maximum absolute atomic E-state index is 12.6. The van der Waals surface area contributed by atoms with Crippen LogP contribution in [0.4, 0.5) is 0 Å². The fraction of sp³-hybridized carbons (Fsp3) is 0.263. The first-order valence-corrected chi connectivity index (χ1v) is 8.14. The lowest BCUT2D eigenvalue weighted by molar-refractivity contribution is -0.130. The molecule has 0 unspecified atom stereocenters. The Balaban J connectivity index is 1.42. The van der Waals surface area contributed by atoms with Gasteiger partial charge in [-0.05, 0) is 29.3 Å². The number of ether oxygens (including phenoxy) is 2. The quantitative estimate of drug-likeness (QED) is 0.928. The molecule has 0 fully saturated rings. The summed E-state index contributed by atoms with van der Waals surface area (Å²) in [6.45, 7) is 0.701. The monoisotopic (exact) mass is 338 g/mol. The second kappa shape index (κ2) is 6.12. The van der Waals surface area contributed by atoms with Crippen LogP contribution in [0.1, 0.15) is 33.9 Å². The zero-order chi connectivity index (χ0) is 17.4. The van der Waals surface area contributed by atoms with E-state index in [1.54, 1.807) is 18.0 Å². The molecule has 2 amide bonds. The number of carbonyl (C=O) groups is 2. The molecule has 2 heterocycles. The fourth-order valence-corrected chi connectivity index (χ4v) is 3.21. The normalized spacial score (nSPS) is 17.2. The van der Waals surface area contributed by atoms with Gasteiger partial charge in [-0.1, -0.05) is 24.3 Å². The molecule has 0 radical (unpaired) electrons. The van der Waals surface area contributed by atoms with E-state index in [4.69, 9.17) is 9.47 Å². The van der Waals surface area contributed by atoms with Gasteiger partial charge in [0.15, 0.2) is 11.5 Å². The third kappa shape index (κ3) is 2.91. The summed E-state index contributed by atoms with van der Waals surface area (Å²) >= 11 is 0. The molecule has 128 valence electrons. The maximum Gasteiger partial charge on any atom is 0.252 e. The van der Waals surface area contributed by atoms with Crippen molar-refractivity contribution in [1.29, 1.82) is 0 Å². The van der Waals surface area contributed by atoms with Gasteiger partial charge >= 0.3 is 0 Å². The average Bonchev–Trinajstić information content (AvgIpc) is 3.20. The van der Waals surface area contributed by atoms with Crippen LogP contribution < -0.4 is 14.8 Å². The smallest absolute Gasteiger partial charge is 0.252 e. The highest BCUT2D eigenvalue weighted by atomic mass is 16.7. The van der Waals surface area contributed by atoms with E-state index >= 15 is 0 Å². The largest absolute Gasteiger partial charge is 0.454 e. The fourth-order valence-electron chi connectivity index (χ4n) is 3.21. The summed E-state index contributed by atoms with van der Waals surface area (Å²) in [5.74, 6) is 1.28. The van der Waals surface area contributed by atoms with Gasteiger partial charge in [0, 0.05) is 19.2 Å². The van der Waals surface area contributed by atoms with E-state index in [2.05, 4.69) is 5.32 Å². The highest BCUT2D eigenvalue weighted by Gasteiger charge is 2.30. The van der Waals surface area contributed by atoms with Crippen molar-refractivity contribution in [1.82, 2.24) is 10.2 Å². The van der Waals surface area contributed by atoms with Crippen LogP contribution in [0.3, 0.4) is 0 Å². The van der Waals surface area contributed by atoms with Crippen LogP contribution in [-0.2, 0) is 11.3 Å². The van der Waals surface area contributed by atoms with Crippen molar-refractivity contribution in [3.8, 4) is 11.5 Å². The molecule has 0 aromatic heterocycles. The molecule has 0 saturated carbocycles. The minimum Gasteiger partial charge on any atom is -0.454 e. The Morgan fingerprint density at radius 2 is 2.00 bits per heavy atom. The van der Waals surface area contributed by atoms with E-state index in [-0.39, 0.29) is 31.1 Å². The van der Waals surface area contributed by atoms with Crippen molar-refractivity contribution in [3.05, 3.63) is 59.2 Å². The summed E-state index contributed by atoms with van der Waals surface area (Å²) in [7, 11) is 1.76. The molecule has 2 aromatic carbocycles. The summed E-state index contributed by atoms with van der Waals surface area (Å²) in [6.07, 6.45) is 0.240. The first-order chi connectivity index (χ1) is 12.1. The Kier molecular flexibility index (Phi) is 3.80. The van der Waals surface area contributed by atoms with Gasteiger partial charge in [-0.2, -0.15) is 0 Å². The van der Waals surface area contributed by atoms with Crippen molar-refractivity contribution in [2.75, 3.05) is 13.8 Å². The zero-order valence-corrected chi connectivity index (χ0v) is 13.8. The van der Waals surface area contributed by atoms with Crippen molar-refractivity contribution in [3.63, 3.8) is 0 Å². The molecule has 1 N–H and O–H groups in total. The standard InChI is InChI=1S/C19H18N2O4/c1-21(10-12-6-7-16-17(8-12)25-11-24-16)18(22)9-15-13-4-2-3-5-14(13)19(23)20-15/h2-8,15H,9-11H2,1H3,(H,20,23)/t15-/m1/s1. The van der Waals surface area contributed by atoms with E-state index < -0.39 is 0 Å². The minimum absolute atomic E-state index is 0.0281. The zero-order valence-electron chi connectivity index (χ0n) is 13.8. The Morgan fingerprint density at radius 3 is 2.88 bits per heavy atom. The number of benzene rings is 2. The second-order valence-corrected chi connectivity index (χ2v) is 6.25. The van der Waals surface area contributed by atoms with Crippen molar-refractivity contribution in [2.45, 2.75) is 19.0 Å². The molecule has 6 heteroatoms. The third-order valence-electron chi connectivity index (χ3n) is 4.55. The Labute approximate surface area is 145 Å². The molecule has 0 aliphatic carbocycles. The van der Waals surface area contributed by atoms with Crippen molar-refractivity contribution < 1.29 is 19.1 Å². The van der Waals surface area contributed by atoms with Gasteiger partial charge in [0.25, 0.3) is 5.91 Å². The van der Waals surface area contributed by atoms with Crippen LogP contribution in [0.2, 0.25) is 0 Å². The summed E-state index contributed by atoms with van der Waals surface area (Å²) < 4.78 is 10.7. The highest BCUT2D eigenvalue weighted by molar-refractivity contribution is 5.99. The third-order valence-corrected chi connectivity index (χ3v) is 4.55. The number of hydrogen-bond acceptors (Lipinski definition) is 4. The van der Waals surface area contributed by atoms with Crippen molar-refractivity contribution >= 4 is 11.8 Å². The minimum atomic E-state index is -0.268. The van der Waals surface area contributed by atoms with Gasteiger partial charge in [0.05, 0.1) is 12.5 Å². The number of nitrogens with one attached hydrogen (secondary N) is 1. The molecule has 0 saturated heterocycles. The van der Waals surface area contributed by atoms with Crippen molar-refractivity contribution in [2.24, 2.45) is 0 Å². The van der Waals surface area contributed by atoms with Crippen LogP contribution in [0.25, 0.3) is 0 Å². The topological polar surface area (TPSA) is 67.9 Å². The lowest BCUT2D eigenvalue weighted by Gasteiger charge is -2.20. The summed E-state index contributed by atoms with van der Waals surface area (Å²) in [5.41, 5.74) is 2.51. The summed E-state index contributed by atoms with van der Waals surface area (Å²) in [5, 5.41) is 2.88. The van der Waals surface area contributed by atoms with Gasteiger partial charge in [0.1, 0.15) is 0 Å². The number of rotatable bonds is 4. The van der Waals surface area contributed by atoms with E-state index in [1.807, 2.05) is 36.4 Å². The van der Waals surface area contributed by atoms with E-state index in [1.165, 1.54) is 0 Å². The lowest BCUT2D eigenvalue weighted by atomic mass is 10.0. The van der Waals surface area contributed by atoms with Gasteiger partial charge < -0.3 is 19.7 Å². The summed E-state index contributed by atoms with van der Waals surface area (Å²) in [6, 6.07) is 12.8. The molecule has 2 aliphatic rings. The maximum atomic E-state index is 12.6. The number of hydrogen-bond donors (Lipinski definition) is 1. The number of fused-ring (bicyclic) bond motifs is 2.